The predicted octanol–water partition coefficient (Wildman–Crippen LogP) is 11.2. The first-order chi connectivity index (χ1) is 24.7. The summed E-state index contributed by atoms with van der Waals surface area (Å²) in [5.74, 6) is 0. The number of fused-ring (bicyclic) bond motifs is 6. The molecule has 10 rings (SSSR count). The molecular weight excluding hydrogens is 629 g/mol. The molecule has 7 aromatic carbocycles. The van der Waals surface area contributed by atoms with Gasteiger partial charge in [0.15, 0.2) is 0 Å². The highest BCUT2D eigenvalue weighted by molar-refractivity contribution is 7.25. The molecule has 9 aromatic rings. The summed E-state index contributed by atoms with van der Waals surface area (Å²) in [5, 5.41) is 9.86. The number of nitrogens with two attached hydrogens (primary N) is 1. The molecule has 2 N–H and O–H groups in total. The first-order valence-electron chi connectivity index (χ1n) is 17.2. The van der Waals surface area contributed by atoms with E-state index >= 15 is 0 Å². The molecule has 4 atom stereocenters. The van der Waals surface area contributed by atoms with Gasteiger partial charge in [-0.2, -0.15) is 5.01 Å². The Morgan fingerprint density at radius 1 is 0.540 bits per heavy atom. The van der Waals surface area contributed by atoms with Gasteiger partial charge in [0.05, 0.1) is 17.2 Å². The molecule has 1 fully saturated rings. The summed E-state index contributed by atoms with van der Waals surface area (Å²) in [4.78, 5) is 0. The Labute approximate surface area is 294 Å². The van der Waals surface area contributed by atoms with Gasteiger partial charge in [0.25, 0.3) is 0 Å². The number of aromatic nitrogens is 1. The van der Waals surface area contributed by atoms with Gasteiger partial charge in [0.2, 0.25) is 0 Å². The minimum absolute atomic E-state index is 0.111. The number of rotatable bonds is 7. The normalized spacial score (nSPS) is 17.9. The highest BCUT2D eigenvalue weighted by Gasteiger charge is 2.49. The lowest BCUT2D eigenvalue weighted by Crippen LogP contribution is -2.23. The molecule has 0 saturated carbocycles. The summed E-state index contributed by atoms with van der Waals surface area (Å²) in [6, 6.07) is 61.3. The number of benzene rings is 7. The van der Waals surface area contributed by atoms with E-state index in [-0.39, 0.29) is 12.3 Å². The van der Waals surface area contributed by atoms with E-state index in [1.54, 1.807) is 0 Å². The van der Waals surface area contributed by atoms with Gasteiger partial charge in [0, 0.05) is 43.2 Å². The second-order valence-electron chi connectivity index (χ2n) is 13.2. The lowest BCUT2D eigenvalue weighted by atomic mass is 10.0. The van der Waals surface area contributed by atoms with E-state index in [9.17, 15) is 0 Å². The molecule has 1 saturated heterocycles. The van der Waals surface area contributed by atoms with Crippen molar-refractivity contribution >= 4 is 53.3 Å². The van der Waals surface area contributed by atoms with Crippen molar-refractivity contribution in [3.05, 3.63) is 187 Å². The third-order valence-electron chi connectivity index (χ3n) is 10.2. The van der Waals surface area contributed by atoms with Crippen molar-refractivity contribution in [1.29, 1.82) is 0 Å². The van der Waals surface area contributed by atoms with Crippen molar-refractivity contribution in [2.45, 2.75) is 18.9 Å². The zero-order valence-electron chi connectivity index (χ0n) is 27.4. The van der Waals surface area contributed by atoms with E-state index < -0.39 is 0 Å². The number of nitrogens with zero attached hydrogens (tertiary/aromatic N) is 3. The molecule has 0 aliphatic carbocycles. The summed E-state index contributed by atoms with van der Waals surface area (Å²) in [6.45, 7) is 0.753. The van der Waals surface area contributed by atoms with Gasteiger partial charge in [-0.3, -0.25) is 0 Å². The van der Waals surface area contributed by atoms with Crippen LogP contribution in [0.15, 0.2) is 170 Å². The Balaban J connectivity index is 1.10. The average Bonchev–Trinajstić information content (AvgIpc) is 3.63. The van der Waals surface area contributed by atoms with E-state index in [0.29, 0.717) is 0 Å². The van der Waals surface area contributed by atoms with E-state index in [1.807, 2.05) is 17.4 Å². The molecule has 240 valence electrons. The van der Waals surface area contributed by atoms with E-state index in [2.05, 4.69) is 178 Å². The fraction of sp³-hybridized carbons (Fsp3) is 0.0667. The third-order valence-corrected chi connectivity index (χ3v) is 11.3. The lowest BCUT2D eigenvalue weighted by Gasteiger charge is -2.15. The summed E-state index contributed by atoms with van der Waals surface area (Å²) in [7, 11) is 0. The van der Waals surface area contributed by atoms with Crippen LogP contribution >= 0.6 is 11.3 Å². The van der Waals surface area contributed by atoms with Gasteiger partial charge < -0.3 is 10.3 Å². The average molecular weight is 663 g/mol. The smallest absolute Gasteiger partial charge is 0.117 e. The number of hydrogen-bond donors (Lipinski definition) is 1. The zero-order valence-corrected chi connectivity index (χ0v) is 28.2. The molecule has 1 aliphatic rings. The maximum absolute atomic E-state index is 6.91. The molecular formula is C45H34N4S. The van der Waals surface area contributed by atoms with Crippen molar-refractivity contribution in [1.82, 2.24) is 14.6 Å². The second kappa shape index (κ2) is 11.8. The van der Waals surface area contributed by atoms with Crippen LogP contribution in [0.5, 0.6) is 0 Å². The van der Waals surface area contributed by atoms with Crippen molar-refractivity contribution in [3.8, 4) is 16.8 Å². The van der Waals surface area contributed by atoms with Gasteiger partial charge in [-0.05, 0) is 70.3 Å². The third kappa shape index (κ3) is 4.86. The van der Waals surface area contributed by atoms with Crippen LogP contribution in [0.1, 0.15) is 29.0 Å². The fourth-order valence-corrected chi connectivity index (χ4v) is 8.89. The van der Waals surface area contributed by atoms with Crippen molar-refractivity contribution < 1.29 is 0 Å². The molecule has 50 heavy (non-hydrogen) atoms. The van der Waals surface area contributed by atoms with Crippen LogP contribution in [-0.4, -0.2) is 14.6 Å². The minimum Gasteiger partial charge on any atom is -0.311 e. The second-order valence-corrected chi connectivity index (χ2v) is 14.3. The molecule has 0 bridgehead atoms. The van der Waals surface area contributed by atoms with E-state index in [4.69, 9.17) is 5.73 Å². The van der Waals surface area contributed by atoms with Crippen molar-refractivity contribution in [3.63, 3.8) is 0 Å². The molecule has 0 spiro atoms. The highest BCUT2D eigenvalue weighted by Crippen LogP contribution is 2.48. The van der Waals surface area contributed by atoms with Crippen LogP contribution in [-0.2, 0) is 6.54 Å². The quantitative estimate of drug-likeness (QED) is 0.173. The fourth-order valence-electron chi connectivity index (χ4n) is 7.76. The largest absolute Gasteiger partial charge is 0.311 e. The van der Waals surface area contributed by atoms with Crippen LogP contribution in [0, 0.1) is 0 Å². The summed E-state index contributed by atoms with van der Waals surface area (Å²) in [5.41, 5.74) is 16.6. The van der Waals surface area contributed by atoms with Gasteiger partial charge in [-0.15, -0.1) is 11.3 Å². The van der Waals surface area contributed by atoms with Crippen LogP contribution in [0.25, 0.3) is 58.8 Å². The Morgan fingerprint density at radius 2 is 1.26 bits per heavy atom. The highest BCUT2D eigenvalue weighted by atomic mass is 32.1. The lowest BCUT2D eigenvalue weighted by molar-refractivity contribution is 0.237. The topological polar surface area (TPSA) is 37.0 Å². The predicted molar refractivity (Wildman–Crippen MR) is 209 cm³/mol. The molecule has 4 nitrogen and oxygen atoms in total. The molecule has 0 amide bonds. The Kier molecular flexibility index (Phi) is 6.93. The maximum Gasteiger partial charge on any atom is 0.117 e. The van der Waals surface area contributed by atoms with Gasteiger partial charge >= 0.3 is 0 Å². The minimum atomic E-state index is -0.233. The first-order valence-corrected chi connectivity index (χ1v) is 18.0. The summed E-state index contributed by atoms with van der Waals surface area (Å²) >= 11 is 1.88. The number of thiophene rings is 1. The number of hydrazine groups is 1. The van der Waals surface area contributed by atoms with Crippen LogP contribution in [0.4, 0.5) is 0 Å². The van der Waals surface area contributed by atoms with Gasteiger partial charge in [-0.1, -0.05) is 127 Å². The van der Waals surface area contributed by atoms with E-state index in [1.165, 1.54) is 64.2 Å². The van der Waals surface area contributed by atoms with Crippen LogP contribution < -0.4 is 5.73 Å². The van der Waals surface area contributed by atoms with E-state index in [0.717, 1.165) is 17.8 Å². The molecule has 2 aromatic heterocycles. The molecule has 0 radical (unpaired) electrons. The van der Waals surface area contributed by atoms with Gasteiger partial charge in [-0.25, -0.2) is 5.01 Å². The molecule has 5 heteroatoms. The number of hydrogen-bond acceptors (Lipinski definition) is 4. The molecule has 2 unspecified atom stereocenters. The Hall–Kier alpha value is -5.56. The Morgan fingerprint density at radius 3 is 2.08 bits per heavy atom. The summed E-state index contributed by atoms with van der Waals surface area (Å²) in [6.07, 6.45) is -0.122. The standard InChI is InChI=1S/C45H34N4S/c46-44(32-16-6-2-7-17-32)49-45(33-18-8-3-9-19-33)47(49)29-30-13-12-20-35(25-30)48-40-24-23-34(31-14-4-1-5-15-31)26-37(40)38-28-43-39(27-41(38)48)36-21-10-11-22-42(36)50-43/h1-28,44-45H,29,46H2/t44?,45-,47-,49?/m0/s1. The van der Waals surface area contributed by atoms with Crippen molar-refractivity contribution in [2.24, 2.45) is 5.73 Å². The Bertz CT molecular complexity index is 2660. The summed E-state index contributed by atoms with van der Waals surface area (Å²) < 4.78 is 5.10. The van der Waals surface area contributed by atoms with Gasteiger partial charge in [0.1, 0.15) is 6.17 Å². The van der Waals surface area contributed by atoms with Crippen LogP contribution in [0.2, 0.25) is 0 Å². The van der Waals surface area contributed by atoms with Crippen LogP contribution in [0.3, 0.4) is 0 Å². The molecule has 1 aliphatic heterocycles. The molecule has 3 heterocycles. The first kappa shape index (κ1) is 29.4. The monoisotopic (exact) mass is 662 g/mol. The maximum atomic E-state index is 6.91. The van der Waals surface area contributed by atoms with Crippen molar-refractivity contribution in [2.75, 3.05) is 0 Å². The zero-order chi connectivity index (χ0) is 33.2. The SMILES string of the molecule is NC(c1ccccc1)N1[C@@H](c2ccccc2)[N@]1Cc1cccc(-n2c3ccc(-c4ccccc4)cc3c3cc4sc5ccccc5c4cc32)c1.